The highest BCUT2D eigenvalue weighted by Gasteiger charge is 2.29. The number of amides is 1. The van der Waals surface area contributed by atoms with E-state index in [0.717, 1.165) is 37.5 Å². The number of carbonyl (C=O) groups is 1. The number of ether oxygens (including phenoxy) is 2. The lowest BCUT2D eigenvalue weighted by atomic mass is 9.86. The second-order valence-electron chi connectivity index (χ2n) is 7.57. The fourth-order valence-electron chi connectivity index (χ4n) is 3.84. The van der Waals surface area contributed by atoms with Crippen molar-refractivity contribution in [2.75, 3.05) is 19.8 Å². The molecule has 1 aliphatic carbocycles. The van der Waals surface area contributed by atoms with Crippen LogP contribution in [-0.4, -0.2) is 42.9 Å². The minimum Gasteiger partial charge on any atom is -0.379 e. The van der Waals surface area contributed by atoms with Crippen molar-refractivity contribution in [3.63, 3.8) is 0 Å². The molecule has 1 amide bonds. The molecule has 1 aromatic carbocycles. The molecule has 4 rings (SSSR count). The van der Waals surface area contributed by atoms with Gasteiger partial charge in [-0.15, -0.1) is 0 Å². The summed E-state index contributed by atoms with van der Waals surface area (Å²) in [6, 6.07) is 8.17. The lowest BCUT2D eigenvalue weighted by Gasteiger charge is -2.34. The number of fused-ring (bicyclic) bond motifs is 1. The number of H-pyrrole nitrogens is 1. The van der Waals surface area contributed by atoms with Gasteiger partial charge < -0.3 is 19.8 Å². The molecule has 0 unspecified atom stereocenters. The molecule has 140 valence electrons. The molecule has 0 spiro atoms. The van der Waals surface area contributed by atoms with E-state index in [2.05, 4.69) is 22.4 Å². The number of aromatic amines is 1. The van der Waals surface area contributed by atoms with Crippen LogP contribution < -0.4 is 5.32 Å². The number of hydrogen-bond acceptors (Lipinski definition) is 3. The van der Waals surface area contributed by atoms with Gasteiger partial charge in [-0.3, -0.25) is 4.79 Å². The highest BCUT2D eigenvalue weighted by Crippen LogP contribution is 2.27. The Labute approximate surface area is 154 Å². The van der Waals surface area contributed by atoms with E-state index in [0.29, 0.717) is 13.0 Å². The van der Waals surface area contributed by atoms with Gasteiger partial charge in [-0.2, -0.15) is 0 Å². The predicted molar refractivity (Wildman–Crippen MR) is 101 cm³/mol. The van der Waals surface area contributed by atoms with Crippen LogP contribution >= 0.6 is 0 Å². The topological polar surface area (TPSA) is 63.4 Å². The lowest BCUT2D eigenvalue weighted by Crippen LogP contribution is -2.51. The molecule has 2 N–H and O–H groups in total. The first-order valence-electron chi connectivity index (χ1n) is 9.83. The van der Waals surface area contributed by atoms with E-state index in [1.165, 1.54) is 30.2 Å². The Morgan fingerprint density at radius 3 is 3.00 bits per heavy atom. The molecule has 2 aliphatic rings. The third-order valence-corrected chi connectivity index (χ3v) is 5.71. The fraction of sp³-hybridized carbons (Fsp3) is 0.571. The summed E-state index contributed by atoms with van der Waals surface area (Å²) in [6.07, 6.45) is 8.06. The van der Waals surface area contributed by atoms with Gasteiger partial charge >= 0.3 is 0 Å². The summed E-state index contributed by atoms with van der Waals surface area (Å²) in [5, 5.41) is 4.34. The van der Waals surface area contributed by atoms with Crippen LogP contribution in [0.4, 0.5) is 0 Å². The molecule has 1 saturated carbocycles. The van der Waals surface area contributed by atoms with Gasteiger partial charge in [0.15, 0.2) is 0 Å². The molecule has 0 bridgehead atoms. The zero-order chi connectivity index (χ0) is 17.8. The Kier molecular flexibility index (Phi) is 5.56. The molecule has 1 saturated heterocycles. The van der Waals surface area contributed by atoms with Gasteiger partial charge in [0.1, 0.15) is 0 Å². The largest absolute Gasteiger partial charge is 0.379 e. The molecule has 1 aliphatic heterocycles. The van der Waals surface area contributed by atoms with E-state index in [9.17, 15) is 4.79 Å². The SMILES string of the molecule is O=C(CCc1c[nH]c2ccccc12)N[C@@H]1COCC[C@@H]1OCC1CCC1. The van der Waals surface area contributed by atoms with Crippen molar-refractivity contribution in [2.45, 2.75) is 50.7 Å². The number of aromatic nitrogens is 1. The Balaban J connectivity index is 1.28. The third kappa shape index (κ3) is 4.10. The minimum atomic E-state index is -0.0284. The first-order chi connectivity index (χ1) is 12.8. The number of rotatable bonds is 7. The minimum absolute atomic E-state index is 0.0284. The summed E-state index contributed by atoms with van der Waals surface area (Å²) in [7, 11) is 0. The van der Waals surface area contributed by atoms with Crippen LogP contribution in [0.2, 0.25) is 0 Å². The maximum Gasteiger partial charge on any atom is 0.220 e. The van der Waals surface area contributed by atoms with Gasteiger partial charge in [-0.1, -0.05) is 24.6 Å². The highest BCUT2D eigenvalue weighted by molar-refractivity contribution is 5.84. The van der Waals surface area contributed by atoms with E-state index in [-0.39, 0.29) is 18.1 Å². The summed E-state index contributed by atoms with van der Waals surface area (Å²) in [4.78, 5) is 15.7. The molecule has 2 atom stereocenters. The van der Waals surface area contributed by atoms with Crippen LogP contribution in [0.3, 0.4) is 0 Å². The van der Waals surface area contributed by atoms with Gasteiger partial charge in [0, 0.05) is 36.7 Å². The lowest BCUT2D eigenvalue weighted by molar-refractivity contribution is -0.126. The number of carbonyl (C=O) groups excluding carboxylic acids is 1. The maximum atomic E-state index is 12.5. The van der Waals surface area contributed by atoms with Crippen LogP contribution in [0.25, 0.3) is 10.9 Å². The molecule has 2 aromatic rings. The zero-order valence-electron chi connectivity index (χ0n) is 15.2. The standard InChI is InChI=1S/C21H28N2O3/c24-21(9-8-16-12-22-18-7-2-1-6-17(16)18)23-19-14-25-11-10-20(19)26-13-15-4-3-5-15/h1-2,6-7,12,15,19-20,22H,3-5,8-11,13-14H2,(H,23,24)/t19-,20+/m1/s1. The van der Waals surface area contributed by atoms with Gasteiger partial charge in [0.25, 0.3) is 0 Å². The van der Waals surface area contributed by atoms with Crippen LogP contribution in [-0.2, 0) is 20.7 Å². The Morgan fingerprint density at radius 2 is 2.15 bits per heavy atom. The molecule has 2 fully saturated rings. The van der Waals surface area contributed by atoms with Crippen molar-refractivity contribution in [3.05, 3.63) is 36.0 Å². The second kappa shape index (κ2) is 8.23. The summed E-state index contributed by atoms with van der Waals surface area (Å²) in [6.45, 7) is 2.09. The van der Waals surface area contributed by atoms with E-state index in [1.54, 1.807) is 0 Å². The molecule has 5 nitrogen and oxygen atoms in total. The quantitative estimate of drug-likeness (QED) is 0.801. The number of para-hydroxylation sites is 1. The smallest absolute Gasteiger partial charge is 0.220 e. The average Bonchev–Trinajstić information content (AvgIpc) is 3.03. The van der Waals surface area contributed by atoms with E-state index in [4.69, 9.17) is 9.47 Å². The van der Waals surface area contributed by atoms with Gasteiger partial charge in [-0.25, -0.2) is 0 Å². The van der Waals surface area contributed by atoms with E-state index in [1.807, 2.05) is 18.3 Å². The number of hydrogen-bond donors (Lipinski definition) is 2. The van der Waals surface area contributed by atoms with Gasteiger partial charge in [0.2, 0.25) is 5.91 Å². The molecule has 1 aromatic heterocycles. The Morgan fingerprint density at radius 1 is 1.27 bits per heavy atom. The van der Waals surface area contributed by atoms with Gasteiger partial charge in [-0.05, 0) is 43.2 Å². The van der Waals surface area contributed by atoms with Crippen molar-refractivity contribution in [2.24, 2.45) is 5.92 Å². The summed E-state index contributed by atoms with van der Waals surface area (Å²) in [5.41, 5.74) is 2.31. The molecular formula is C21H28N2O3. The van der Waals surface area contributed by atoms with Gasteiger partial charge in [0.05, 0.1) is 18.8 Å². The molecule has 0 radical (unpaired) electrons. The summed E-state index contributed by atoms with van der Waals surface area (Å²) >= 11 is 0. The van der Waals surface area contributed by atoms with Crippen molar-refractivity contribution < 1.29 is 14.3 Å². The fourth-order valence-corrected chi connectivity index (χ4v) is 3.84. The molecular weight excluding hydrogens is 328 g/mol. The normalized spacial score (nSPS) is 23.7. The highest BCUT2D eigenvalue weighted by atomic mass is 16.5. The zero-order valence-corrected chi connectivity index (χ0v) is 15.2. The van der Waals surface area contributed by atoms with Crippen LogP contribution in [0, 0.1) is 5.92 Å². The van der Waals surface area contributed by atoms with E-state index < -0.39 is 0 Å². The average molecular weight is 356 g/mol. The summed E-state index contributed by atoms with van der Waals surface area (Å²) in [5.74, 6) is 0.791. The maximum absolute atomic E-state index is 12.5. The second-order valence-corrected chi connectivity index (χ2v) is 7.57. The Hall–Kier alpha value is -1.85. The molecule has 5 heteroatoms. The summed E-state index contributed by atoms with van der Waals surface area (Å²) < 4.78 is 11.7. The van der Waals surface area contributed by atoms with Crippen molar-refractivity contribution in [1.29, 1.82) is 0 Å². The third-order valence-electron chi connectivity index (χ3n) is 5.71. The first kappa shape index (κ1) is 17.6. The van der Waals surface area contributed by atoms with Crippen LogP contribution in [0.5, 0.6) is 0 Å². The first-order valence-corrected chi connectivity index (χ1v) is 9.83. The Bertz CT molecular complexity index is 738. The van der Waals surface area contributed by atoms with E-state index >= 15 is 0 Å². The molecule has 2 heterocycles. The van der Waals surface area contributed by atoms with Crippen molar-refractivity contribution in [1.82, 2.24) is 10.3 Å². The number of nitrogens with one attached hydrogen (secondary N) is 2. The van der Waals surface area contributed by atoms with Crippen LogP contribution in [0.1, 0.15) is 37.7 Å². The number of aryl methyl sites for hydroxylation is 1. The van der Waals surface area contributed by atoms with Crippen molar-refractivity contribution >= 4 is 16.8 Å². The number of benzene rings is 1. The monoisotopic (exact) mass is 356 g/mol. The predicted octanol–water partition coefficient (Wildman–Crippen LogP) is 3.19. The van der Waals surface area contributed by atoms with Crippen LogP contribution in [0.15, 0.2) is 30.5 Å². The van der Waals surface area contributed by atoms with Crippen molar-refractivity contribution in [3.8, 4) is 0 Å². The molecule has 26 heavy (non-hydrogen) atoms.